The van der Waals surface area contributed by atoms with Gasteiger partial charge >= 0.3 is 0 Å². The van der Waals surface area contributed by atoms with E-state index in [-0.39, 0.29) is 12.1 Å². The lowest BCUT2D eigenvalue weighted by atomic mass is 10.1. The maximum absolute atomic E-state index is 6.20. The van der Waals surface area contributed by atoms with Crippen molar-refractivity contribution in [2.45, 2.75) is 25.9 Å². The molecule has 1 unspecified atom stereocenters. The molecule has 2 aromatic rings. The number of rotatable bonds is 4. The molecule has 0 aliphatic rings. The van der Waals surface area contributed by atoms with Crippen LogP contribution in [0, 0.1) is 0 Å². The molecule has 2 atom stereocenters. The van der Waals surface area contributed by atoms with Gasteiger partial charge in [-0.25, -0.2) is 0 Å². The Hall–Kier alpha value is -1.38. The predicted octanol–water partition coefficient (Wildman–Crippen LogP) is 4.15. The number of benzene rings is 1. The third-order valence-electron chi connectivity index (χ3n) is 3.06. The van der Waals surface area contributed by atoms with Crippen LogP contribution in [0.4, 0.5) is 0 Å². The zero-order valence-electron chi connectivity index (χ0n) is 10.6. The fraction of sp³-hybridized carbons (Fsp3) is 0.267. The van der Waals surface area contributed by atoms with Gasteiger partial charge < -0.3 is 5.32 Å². The molecular weight excluding hydrogens is 244 g/mol. The van der Waals surface area contributed by atoms with Gasteiger partial charge in [-0.1, -0.05) is 35.9 Å². The van der Waals surface area contributed by atoms with Gasteiger partial charge in [0.05, 0.1) is 0 Å². The molecule has 2 rings (SSSR count). The Balaban J connectivity index is 2.08. The van der Waals surface area contributed by atoms with E-state index in [2.05, 4.69) is 36.3 Å². The molecule has 0 fully saturated rings. The van der Waals surface area contributed by atoms with Gasteiger partial charge in [-0.3, -0.25) is 4.98 Å². The molecule has 0 spiro atoms. The fourth-order valence-electron chi connectivity index (χ4n) is 2.02. The monoisotopic (exact) mass is 260 g/mol. The van der Waals surface area contributed by atoms with E-state index in [0.29, 0.717) is 0 Å². The molecule has 0 radical (unpaired) electrons. The van der Waals surface area contributed by atoms with Crippen LogP contribution in [0.1, 0.15) is 37.1 Å². The van der Waals surface area contributed by atoms with Crippen molar-refractivity contribution < 1.29 is 0 Å². The van der Waals surface area contributed by atoms with Crippen LogP contribution in [0.5, 0.6) is 0 Å². The molecule has 2 nitrogen and oxygen atoms in total. The summed E-state index contributed by atoms with van der Waals surface area (Å²) in [6.45, 7) is 4.25. The highest BCUT2D eigenvalue weighted by Gasteiger charge is 2.13. The van der Waals surface area contributed by atoms with E-state index >= 15 is 0 Å². The van der Waals surface area contributed by atoms with E-state index in [1.54, 1.807) is 6.20 Å². The van der Waals surface area contributed by atoms with E-state index in [1.165, 1.54) is 5.56 Å². The highest BCUT2D eigenvalue weighted by molar-refractivity contribution is 6.31. The topological polar surface area (TPSA) is 24.9 Å². The Morgan fingerprint density at radius 1 is 1.06 bits per heavy atom. The Bertz CT molecular complexity index is 499. The van der Waals surface area contributed by atoms with E-state index in [4.69, 9.17) is 11.6 Å². The summed E-state index contributed by atoms with van der Waals surface area (Å²) in [6, 6.07) is 12.4. The molecule has 1 heterocycles. The number of hydrogen-bond acceptors (Lipinski definition) is 2. The molecule has 3 heteroatoms. The van der Waals surface area contributed by atoms with E-state index < -0.39 is 0 Å². The standard InChI is InChI=1S/C15H17ClN2/c1-11(13-6-5-9-17-10-13)18-12(2)14-7-3-4-8-15(14)16/h3-12,18H,1-2H3/t11-,12?/m1/s1. The van der Waals surface area contributed by atoms with Crippen molar-refractivity contribution in [2.75, 3.05) is 0 Å². The first-order chi connectivity index (χ1) is 8.68. The van der Waals surface area contributed by atoms with Crippen molar-refractivity contribution in [3.05, 3.63) is 64.9 Å². The number of halogens is 1. The molecule has 0 bridgehead atoms. The third-order valence-corrected chi connectivity index (χ3v) is 3.40. The first-order valence-corrected chi connectivity index (χ1v) is 6.46. The lowest BCUT2D eigenvalue weighted by molar-refractivity contribution is 0.494. The van der Waals surface area contributed by atoms with Crippen molar-refractivity contribution in [2.24, 2.45) is 0 Å². The lowest BCUT2D eigenvalue weighted by Gasteiger charge is -2.21. The van der Waals surface area contributed by atoms with Crippen LogP contribution in [0.15, 0.2) is 48.8 Å². The molecule has 1 aromatic heterocycles. The van der Waals surface area contributed by atoms with Crippen molar-refractivity contribution in [3.8, 4) is 0 Å². The largest absolute Gasteiger partial charge is 0.304 e. The Labute approximate surface area is 113 Å². The first kappa shape index (κ1) is 13.1. The average Bonchev–Trinajstić information content (AvgIpc) is 2.40. The molecule has 0 saturated heterocycles. The highest BCUT2D eigenvalue weighted by Crippen LogP contribution is 2.24. The predicted molar refractivity (Wildman–Crippen MR) is 75.7 cm³/mol. The molecule has 0 amide bonds. The summed E-state index contributed by atoms with van der Waals surface area (Å²) >= 11 is 6.20. The van der Waals surface area contributed by atoms with E-state index in [9.17, 15) is 0 Å². The van der Waals surface area contributed by atoms with Crippen LogP contribution in [0.2, 0.25) is 5.02 Å². The zero-order valence-corrected chi connectivity index (χ0v) is 11.4. The second-order valence-electron chi connectivity index (χ2n) is 4.42. The van der Waals surface area contributed by atoms with E-state index in [0.717, 1.165) is 10.6 Å². The van der Waals surface area contributed by atoms with Gasteiger partial charge in [-0.2, -0.15) is 0 Å². The molecule has 94 valence electrons. The lowest BCUT2D eigenvalue weighted by Crippen LogP contribution is -2.22. The first-order valence-electron chi connectivity index (χ1n) is 6.09. The molecule has 1 N–H and O–H groups in total. The molecule has 0 aliphatic carbocycles. The van der Waals surface area contributed by atoms with Crippen LogP contribution in [-0.4, -0.2) is 4.98 Å². The second kappa shape index (κ2) is 5.98. The smallest absolute Gasteiger partial charge is 0.0453 e. The summed E-state index contributed by atoms with van der Waals surface area (Å²) in [4.78, 5) is 4.14. The van der Waals surface area contributed by atoms with E-state index in [1.807, 2.05) is 30.5 Å². The van der Waals surface area contributed by atoms with Crippen LogP contribution in [0.3, 0.4) is 0 Å². The molecule has 0 saturated carbocycles. The van der Waals surface area contributed by atoms with Crippen LogP contribution >= 0.6 is 11.6 Å². The molecule has 18 heavy (non-hydrogen) atoms. The maximum Gasteiger partial charge on any atom is 0.0453 e. The number of pyridine rings is 1. The summed E-state index contributed by atoms with van der Waals surface area (Å²) < 4.78 is 0. The van der Waals surface area contributed by atoms with Gasteiger partial charge in [0.2, 0.25) is 0 Å². The van der Waals surface area contributed by atoms with Crippen LogP contribution < -0.4 is 5.32 Å². The van der Waals surface area contributed by atoms with Gasteiger partial charge in [0.25, 0.3) is 0 Å². The van der Waals surface area contributed by atoms with Crippen molar-refractivity contribution in [1.29, 1.82) is 0 Å². The van der Waals surface area contributed by atoms with Gasteiger partial charge in [0.15, 0.2) is 0 Å². The fourth-order valence-corrected chi connectivity index (χ4v) is 2.32. The summed E-state index contributed by atoms with van der Waals surface area (Å²) in [6.07, 6.45) is 3.67. The van der Waals surface area contributed by atoms with Crippen LogP contribution in [0.25, 0.3) is 0 Å². The SMILES string of the molecule is CC(N[C@H](C)c1cccnc1)c1ccccc1Cl. The average molecular weight is 261 g/mol. The molecule has 1 aromatic carbocycles. The number of aromatic nitrogens is 1. The van der Waals surface area contributed by atoms with Gasteiger partial charge in [0, 0.05) is 29.5 Å². The van der Waals surface area contributed by atoms with Gasteiger partial charge in [-0.05, 0) is 37.1 Å². The van der Waals surface area contributed by atoms with Gasteiger partial charge in [-0.15, -0.1) is 0 Å². The van der Waals surface area contributed by atoms with Crippen molar-refractivity contribution in [1.82, 2.24) is 10.3 Å². The highest BCUT2D eigenvalue weighted by atomic mass is 35.5. The van der Waals surface area contributed by atoms with Crippen molar-refractivity contribution >= 4 is 11.6 Å². The summed E-state index contributed by atoms with van der Waals surface area (Å²) in [7, 11) is 0. The molecular formula is C15H17ClN2. The second-order valence-corrected chi connectivity index (χ2v) is 4.83. The summed E-state index contributed by atoms with van der Waals surface area (Å²) in [5.41, 5.74) is 2.30. The van der Waals surface area contributed by atoms with Gasteiger partial charge in [0.1, 0.15) is 0 Å². The Morgan fingerprint density at radius 2 is 1.83 bits per heavy atom. The normalized spacial score (nSPS) is 14.2. The summed E-state index contributed by atoms with van der Waals surface area (Å²) in [5, 5.41) is 4.33. The number of nitrogens with zero attached hydrogens (tertiary/aromatic N) is 1. The Morgan fingerprint density at radius 3 is 2.50 bits per heavy atom. The minimum absolute atomic E-state index is 0.203. The Kier molecular flexibility index (Phi) is 4.34. The minimum Gasteiger partial charge on any atom is -0.304 e. The quantitative estimate of drug-likeness (QED) is 0.893. The van der Waals surface area contributed by atoms with Crippen LogP contribution in [-0.2, 0) is 0 Å². The maximum atomic E-state index is 6.20. The molecule has 0 aliphatic heterocycles. The number of nitrogens with one attached hydrogen (secondary N) is 1. The summed E-state index contributed by atoms with van der Waals surface area (Å²) in [5.74, 6) is 0. The third kappa shape index (κ3) is 3.09. The number of hydrogen-bond donors (Lipinski definition) is 1. The zero-order chi connectivity index (χ0) is 13.0. The minimum atomic E-state index is 0.203. The van der Waals surface area contributed by atoms with Crippen molar-refractivity contribution in [3.63, 3.8) is 0 Å².